The molecule has 0 amide bonds. The van der Waals surface area contributed by atoms with Crippen LogP contribution in [0.25, 0.3) is 0 Å². The maximum absolute atomic E-state index is 11.3. The summed E-state index contributed by atoms with van der Waals surface area (Å²) in [6.07, 6.45) is 1.64. The number of hydrogen-bond donors (Lipinski definition) is 1. The third kappa shape index (κ3) is 3.61. The van der Waals surface area contributed by atoms with Crippen LogP contribution in [0, 0.1) is 0 Å². The highest BCUT2D eigenvalue weighted by atomic mass is 35.5. The summed E-state index contributed by atoms with van der Waals surface area (Å²) in [5.74, 6) is 0.463. The summed E-state index contributed by atoms with van der Waals surface area (Å²) in [6, 6.07) is 6.55. The van der Waals surface area contributed by atoms with Crippen molar-refractivity contribution in [2.75, 3.05) is 6.26 Å². The van der Waals surface area contributed by atoms with Crippen LogP contribution >= 0.6 is 29.7 Å². The van der Waals surface area contributed by atoms with Gasteiger partial charge in [-0.15, -0.1) is 0 Å². The molecule has 0 spiro atoms. The molecule has 0 saturated carbocycles. The third-order valence-corrected chi connectivity index (χ3v) is 4.28. The zero-order valence-electron chi connectivity index (χ0n) is 6.94. The molecule has 0 saturated heterocycles. The van der Waals surface area contributed by atoms with Gasteiger partial charge in [-0.25, -0.2) is 10.1 Å². The van der Waals surface area contributed by atoms with E-state index in [1.165, 1.54) is 0 Å². The van der Waals surface area contributed by atoms with Gasteiger partial charge in [0.1, 0.15) is 5.75 Å². The number of hydrogen-bond acceptors (Lipinski definition) is 3. The smallest absolute Gasteiger partial charge is 0.371 e. The zero-order valence-corrected chi connectivity index (χ0v) is 9.40. The Bertz CT molecular complexity index is 330. The summed E-state index contributed by atoms with van der Waals surface area (Å²) in [5.41, 5.74) is 5.35. The molecular formula is C7H9ClNO2PS. The van der Waals surface area contributed by atoms with Crippen molar-refractivity contribution in [1.82, 2.24) is 0 Å². The Morgan fingerprint density at radius 3 is 2.46 bits per heavy atom. The predicted octanol–water partition coefficient (Wildman–Crippen LogP) is 3.15. The van der Waals surface area contributed by atoms with Gasteiger partial charge in [-0.1, -0.05) is 11.6 Å². The minimum absolute atomic E-state index is 0.463. The van der Waals surface area contributed by atoms with Gasteiger partial charge >= 0.3 is 6.72 Å². The first kappa shape index (κ1) is 10.9. The second kappa shape index (κ2) is 4.38. The Kier molecular flexibility index (Phi) is 3.68. The Labute approximate surface area is 85.9 Å². The highest BCUT2D eigenvalue weighted by molar-refractivity contribution is 8.55. The van der Waals surface area contributed by atoms with E-state index in [9.17, 15) is 4.57 Å². The maximum Gasteiger partial charge on any atom is 0.371 e. The topological polar surface area (TPSA) is 52.3 Å². The molecule has 0 aliphatic carbocycles. The fourth-order valence-corrected chi connectivity index (χ4v) is 1.78. The van der Waals surface area contributed by atoms with E-state index >= 15 is 0 Å². The van der Waals surface area contributed by atoms with Crippen molar-refractivity contribution in [1.29, 1.82) is 0 Å². The average molecular weight is 238 g/mol. The monoisotopic (exact) mass is 237 g/mol. The van der Waals surface area contributed by atoms with E-state index in [4.69, 9.17) is 21.6 Å². The van der Waals surface area contributed by atoms with Gasteiger partial charge in [-0.05, 0) is 41.9 Å². The van der Waals surface area contributed by atoms with Crippen LogP contribution in [0.1, 0.15) is 0 Å². The molecule has 1 rings (SSSR count). The second-order valence-corrected chi connectivity index (χ2v) is 6.95. The van der Waals surface area contributed by atoms with Crippen LogP contribution in [-0.4, -0.2) is 6.26 Å². The third-order valence-electron chi connectivity index (χ3n) is 1.30. The average Bonchev–Trinajstić information content (AvgIpc) is 2.09. The molecule has 2 N–H and O–H groups in total. The van der Waals surface area contributed by atoms with Gasteiger partial charge in [-0.3, -0.25) is 0 Å². The molecule has 0 aliphatic heterocycles. The van der Waals surface area contributed by atoms with Crippen LogP contribution in [0.2, 0.25) is 5.02 Å². The van der Waals surface area contributed by atoms with Gasteiger partial charge in [0.05, 0.1) is 0 Å². The van der Waals surface area contributed by atoms with Crippen LogP contribution in [0.4, 0.5) is 0 Å². The van der Waals surface area contributed by atoms with Gasteiger partial charge < -0.3 is 4.52 Å². The van der Waals surface area contributed by atoms with Crippen molar-refractivity contribution in [3.05, 3.63) is 29.3 Å². The fourth-order valence-electron chi connectivity index (χ4n) is 0.680. The molecule has 0 radical (unpaired) electrons. The first-order valence-electron chi connectivity index (χ1n) is 3.43. The van der Waals surface area contributed by atoms with Crippen molar-refractivity contribution in [3.8, 4) is 5.75 Å². The second-order valence-electron chi connectivity index (χ2n) is 2.27. The SMILES string of the molecule is CSP(N)(=O)Oc1ccc(Cl)cc1. The molecule has 0 aliphatic rings. The lowest BCUT2D eigenvalue weighted by Crippen LogP contribution is -1.97. The molecular weight excluding hydrogens is 229 g/mol. The normalized spacial score (nSPS) is 15.0. The van der Waals surface area contributed by atoms with E-state index in [1.54, 1.807) is 30.5 Å². The summed E-state index contributed by atoms with van der Waals surface area (Å²) >= 11 is 6.66. The van der Waals surface area contributed by atoms with Crippen LogP contribution < -0.4 is 10.0 Å². The largest absolute Gasteiger partial charge is 0.426 e. The molecule has 1 atom stereocenters. The molecule has 1 aromatic carbocycles. The van der Waals surface area contributed by atoms with Crippen LogP contribution in [0.3, 0.4) is 0 Å². The minimum Gasteiger partial charge on any atom is -0.426 e. The minimum atomic E-state index is -3.04. The molecule has 1 unspecified atom stereocenters. The first-order chi connectivity index (χ1) is 6.03. The summed E-state index contributed by atoms with van der Waals surface area (Å²) in [5, 5.41) is 0.600. The van der Waals surface area contributed by atoms with Crippen LogP contribution in [0.15, 0.2) is 24.3 Å². The molecule has 0 aromatic heterocycles. The molecule has 1 aromatic rings. The van der Waals surface area contributed by atoms with Gasteiger partial charge in [0, 0.05) is 5.02 Å². The first-order valence-corrected chi connectivity index (χ1v) is 7.33. The summed E-state index contributed by atoms with van der Waals surface area (Å²) in [6.45, 7) is -3.04. The summed E-state index contributed by atoms with van der Waals surface area (Å²) < 4.78 is 16.4. The van der Waals surface area contributed by atoms with Crippen LogP contribution in [0.5, 0.6) is 5.75 Å². The molecule has 3 nitrogen and oxygen atoms in total. The lowest BCUT2D eigenvalue weighted by Gasteiger charge is -2.11. The Balaban J connectivity index is 2.75. The van der Waals surface area contributed by atoms with Crippen molar-refractivity contribution in [2.24, 2.45) is 5.50 Å². The van der Waals surface area contributed by atoms with E-state index < -0.39 is 6.72 Å². The van der Waals surface area contributed by atoms with Crippen molar-refractivity contribution >= 4 is 29.7 Å². The van der Waals surface area contributed by atoms with E-state index in [0.717, 1.165) is 11.4 Å². The van der Waals surface area contributed by atoms with Gasteiger partial charge in [0.15, 0.2) is 0 Å². The molecule has 0 heterocycles. The lowest BCUT2D eigenvalue weighted by molar-refractivity contribution is 0.501. The van der Waals surface area contributed by atoms with Crippen molar-refractivity contribution in [3.63, 3.8) is 0 Å². The Hall–Kier alpha value is -0.150. The molecule has 72 valence electrons. The molecule has 13 heavy (non-hydrogen) atoms. The Morgan fingerprint density at radius 2 is 2.00 bits per heavy atom. The summed E-state index contributed by atoms with van der Waals surface area (Å²) in [4.78, 5) is 0. The molecule has 0 fully saturated rings. The highest BCUT2D eigenvalue weighted by Crippen LogP contribution is 2.50. The van der Waals surface area contributed by atoms with E-state index in [-0.39, 0.29) is 0 Å². The quantitative estimate of drug-likeness (QED) is 0.821. The van der Waals surface area contributed by atoms with E-state index in [1.807, 2.05) is 0 Å². The van der Waals surface area contributed by atoms with Gasteiger partial charge in [-0.2, -0.15) is 0 Å². The van der Waals surface area contributed by atoms with Crippen molar-refractivity contribution in [2.45, 2.75) is 0 Å². The van der Waals surface area contributed by atoms with E-state index in [0.29, 0.717) is 10.8 Å². The van der Waals surface area contributed by atoms with Gasteiger partial charge in [0.25, 0.3) is 0 Å². The molecule has 0 bridgehead atoms. The number of rotatable bonds is 3. The van der Waals surface area contributed by atoms with Gasteiger partial charge in [0.2, 0.25) is 0 Å². The maximum atomic E-state index is 11.3. The van der Waals surface area contributed by atoms with Crippen molar-refractivity contribution < 1.29 is 9.09 Å². The number of benzene rings is 1. The predicted molar refractivity (Wildman–Crippen MR) is 57.4 cm³/mol. The Morgan fingerprint density at radius 1 is 1.46 bits per heavy atom. The lowest BCUT2D eigenvalue weighted by atomic mass is 10.3. The van der Waals surface area contributed by atoms with Crippen LogP contribution in [-0.2, 0) is 4.57 Å². The fraction of sp³-hybridized carbons (Fsp3) is 0.143. The standard InChI is InChI=1S/C7H9ClNO2PS/c1-13-12(9,10)11-7-4-2-6(8)3-5-7/h2-5H,1H3,(H2,9,10). The number of halogens is 1. The summed E-state index contributed by atoms with van der Waals surface area (Å²) in [7, 11) is 0. The highest BCUT2D eigenvalue weighted by Gasteiger charge is 2.15. The molecule has 6 heteroatoms. The van der Waals surface area contributed by atoms with E-state index in [2.05, 4.69) is 0 Å². The zero-order chi connectivity index (χ0) is 9.90. The number of nitrogens with two attached hydrogens (primary N) is 1.